The molecule has 1 aromatic heterocycles. The molecule has 55 heavy (non-hydrogen) atoms. The first-order valence-corrected chi connectivity index (χ1v) is 21.6. The topological polar surface area (TPSA) is 214 Å². The van der Waals surface area contributed by atoms with Crippen molar-refractivity contribution in [1.29, 1.82) is 0 Å². The van der Waals surface area contributed by atoms with Crippen molar-refractivity contribution in [3.63, 3.8) is 0 Å². The van der Waals surface area contributed by atoms with Crippen LogP contribution in [0.4, 0.5) is 4.79 Å². The normalized spacial score (nSPS) is 22.6. The number of carbonyl (C=O) groups is 3. The van der Waals surface area contributed by atoms with Gasteiger partial charge in [0.15, 0.2) is 5.82 Å². The van der Waals surface area contributed by atoms with Crippen molar-refractivity contribution in [3.05, 3.63) is 48.0 Å². The van der Waals surface area contributed by atoms with Gasteiger partial charge in [-0.15, -0.1) is 23.5 Å². The number of H-pyrrole nitrogens is 1. The molecule has 17 heteroatoms. The van der Waals surface area contributed by atoms with E-state index in [1.165, 1.54) is 6.33 Å². The standard InChI is InChI=1S/C38H60N8O7S2/c1-5-13-26(31(48)34(50)39-21-28(47)43-29(32-40-23-41-45-32)24-14-8-6-9-15-24)42-33(49)27-20-38(54-18-12-19-55-38)22-46(27)35(51)30(25-16-10-7-11-17-25)44-36(52)53-37(2,3)4/h6,8-9,14-15,23,25-27,29-31,34-35,39,48,50-51H,5,7,10-13,16-22H2,1-4H3,(H,42,49)(H,43,47)(H,44,52)(H,40,41,45)/t26?,27?,29?,30?,31?,34-,35+/m0/s1. The molecule has 1 aliphatic carbocycles. The molecule has 1 spiro atoms. The van der Waals surface area contributed by atoms with Gasteiger partial charge < -0.3 is 36.0 Å². The van der Waals surface area contributed by atoms with E-state index in [1.54, 1.807) is 20.8 Å². The van der Waals surface area contributed by atoms with Gasteiger partial charge in [-0.25, -0.2) is 9.78 Å². The monoisotopic (exact) mass is 804 g/mol. The van der Waals surface area contributed by atoms with Gasteiger partial charge >= 0.3 is 6.09 Å². The number of likely N-dealkylation sites (tertiary alicyclic amines) is 1. The number of aliphatic hydroxyl groups excluding tert-OH is 3. The highest BCUT2D eigenvalue weighted by atomic mass is 32.2. The second-order valence-corrected chi connectivity index (χ2v) is 19.1. The third-order valence-corrected chi connectivity index (χ3v) is 13.8. The van der Waals surface area contributed by atoms with Gasteiger partial charge in [-0.2, -0.15) is 5.10 Å². The first-order valence-electron chi connectivity index (χ1n) is 19.6. The highest BCUT2D eigenvalue weighted by Gasteiger charge is 2.53. The number of thioether (sulfide) groups is 2. The molecule has 306 valence electrons. The zero-order valence-electron chi connectivity index (χ0n) is 32.4. The maximum atomic E-state index is 14.4. The Balaban J connectivity index is 1.27. The van der Waals surface area contributed by atoms with Crippen LogP contribution in [0.25, 0.3) is 0 Å². The number of benzene rings is 1. The minimum Gasteiger partial charge on any atom is -0.444 e. The Morgan fingerprint density at radius 2 is 1.73 bits per heavy atom. The van der Waals surface area contributed by atoms with Gasteiger partial charge in [-0.3, -0.25) is 24.9 Å². The molecule has 1 saturated carbocycles. The lowest BCUT2D eigenvalue weighted by molar-refractivity contribution is -0.134. The van der Waals surface area contributed by atoms with Crippen LogP contribution in [-0.4, -0.2) is 124 Å². The summed E-state index contributed by atoms with van der Waals surface area (Å²) in [5, 5.41) is 52.9. The molecule has 3 fully saturated rings. The molecule has 3 aliphatic rings. The molecule has 7 atom stereocenters. The Bertz CT molecular complexity index is 1510. The van der Waals surface area contributed by atoms with E-state index < -0.39 is 60.3 Å². The first-order chi connectivity index (χ1) is 26.3. The molecule has 5 rings (SSSR count). The molecule has 15 nitrogen and oxygen atoms in total. The fourth-order valence-electron chi connectivity index (χ4n) is 7.77. The van der Waals surface area contributed by atoms with Gasteiger partial charge in [-0.1, -0.05) is 62.9 Å². The Morgan fingerprint density at radius 1 is 1.02 bits per heavy atom. The number of carbonyl (C=O) groups excluding carboxylic acids is 3. The summed E-state index contributed by atoms with van der Waals surface area (Å²) < 4.78 is 5.30. The summed E-state index contributed by atoms with van der Waals surface area (Å²) in [6.45, 7) is 7.43. The fraction of sp³-hybridized carbons (Fsp3) is 0.711. The highest BCUT2D eigenvalue weighted by molar-refractivity contribution is 8.18. The summed E-state index contributed by atoms with van der Waals surface area (Å²) in [7, 11) is 0. The van der Waals surface area contributed by atoms with Gasteiger partial charge in [0.05, 0.1) is 28.7 Å². The van der Waals surface area contributed by atoms with Crippen molar-refractivity contribution in [3.8, 4) is 0 Å². The summed E-state index contributed by atoms with van der Waals surface area (Å²) in [5.74, 6) is 1.51. The number of hydrogen-bond donors (Lipinski definition) is 8. The summed E-state index contributed by atoms with van der Waals surface area (Å²) in [6.07, 6.45) is 3.85. The Labute approximate surface area is 332 Å². The van der Waals surface area contributed by atoms with Crippen LogP contribution in [-0.2, 0) is 14.3 Å². The van der Waals surface area contributed by atoms with E-state index in [1.807, 2.05) is 65.7 Å². The number of nitrogens with zero attached hydrogens (tertiary/aromatic N) is 3. The van der Waals surface area contributed by atoms with Crippen molar-refractivity contribution in [2.24, 2.45) is 5.92 Å². The van der Waals surface area contributed by atoms with Crippen LogP contribution < -0.4 is 21.3 Å². The molecule has 8 N–H and O–H groups in total. The predicted octanol–water partition coefficient (Wildman–Crippen LogP) is 3.00. The average molecular weight is 805 g/mol. The van der Waals surface area contributed by atoms with Gasteiger partial charge in [0.1, 0.15) is 36.5 Å². The zero-order valence-corrected chi connectivity index (χ0v) is 34.0. The average Bonchev–Trinajstić information content (AvgIpc) is 3.84. The van der Waals surface area contributed by atoms with E-state index in [0.29, 0.717) is 31.6 Å². The maximum absolute atomic E-state index is 14.4. The van der Waals surface area contributed by atoms with Crippen LogP contribution in [0, 0.1) is 5.92 Å². The zero-order chi connectivity index (χ0) is 39.6. The number of alkyl carbamates (subject to hydrolysis) is 1. The number of hydrogen-bond acceptors (Lipinski definition) is 13. The van der Waals surface area contributed by atoms with E-state index in [0.717, 1.165) is 55.6 Å². The largest absolute Gasteiger partial charge is 0.444 e. The number of rotatable bonds is 16. The quantitative estimate of drug-likeness (QED) is 0.115. The minimum atomic E-state index is -1.54. The lowest BCUT2D eigenvalue weighted by atomic mass is 9.83. The van der Waals surface area contributed by atoms with Gasteiger partial charge in [0.25, 0.3) is 0 Å². The van der Waals surface area contributed by atoms with Gasteiger partial charge in [0, 0.05) is 6.54 Å². The summed E-state index contributed by atoms with van der Waals surface area (Å²) in [4.78, 5) is 46.6. The van der Waals surface area contributed by atoms with Crippen molar-refractivity contribution < 1.29 is 34.4 Å². The number of aromatic nitrogens is 3. The fourth-order valence-corrected chi connectivity index (χ4v) is 11.1. The minimum absolute atomic E-state index is 0.00926. The maximum Gasteiger partial charge on any atom is 0.408 e. The molecule has 0 radical (unpaired) electrons. The molecular formula is C38H60N8O7S2. The first kappa shape index (κ1) is 43.2. The number of aliphatic hydroxyl groups is 3. The number of nitrogens with one attached hydrogen (secondary N) is 5. The molecule has 2 aliphatic heterocycles. The molecule has 2 saturated heterocycles. The number of ether oxygens (including phenoxy) is 1. The smallest absolute Gasteiger partial charge is 0.408 e. The van der Waals surface area contributed by atoms with Crippen LogP contribution in [0.2, 0.25) is 0 Å². The van der Waals surface area contributed by atoms with E-state index >= 15 is 0 Å². The van der Waals surface area contributed by atoms with E-state index in [4.69, 9.17) is 4.74 Å². The van der Waals surface area contributed by atoms with Crippen molar-refractivity contribution in [2.45, 2.75) is 138 Å². The van der Waals surface area contributed by atoms with E-state index in [2.05, 4.69) is 36.4 Å². The lowest BCUT2D eigenvalue weighted by Gasteiger charge is -2.40. The molecule has 0 bridgehead atoms. The Hall–Kier alpha value is -2.93. The van der Waals surface area contributed by atoms with Gasteiger partial charge in [0.2, 0.25) is 11.8 Å². The number of aromatic amines is 1. The van der Waals surface area contributed by atoms with Crippen LogP contribution in [0.15, 0.2) is 36.7 Å². The van der Waals surface area contributed by atoms with E-state index in [-0.39, 0.29) is 22.4 Å². The molecule has 2 aromatic rings. The number of amides is 3. The van der Waals surface area contributed by atoms with Crippen LogP contribution in [0.1, 0.15) is 103 Å². The van der Waals surface area contributed by atoms with Crippen LogP contribution >= 0.6 is 23.5 Å². The molecule has 1 aromatic carbocycles. The van der Waals surface area contributed by atoms with Crippen LogP contribution in [0.3, 0.4) is 0 Å². The molecular weight excluding hydrogens is 745 g/mol. The third kappa shape index (κ3) is 12.0. The molecule has 3 amide bonds. The van der Waals surface area contributed by atoms with Crippen LogP contribution in [0.5, 0.6) is 0 Å². The lowest BCUT2D eigenvalue weighted by Crippen LogP contribution is -2.61. The Morgan fingerprint density at radius 3 is 2.36 bits per heavy atom. The van der Waals surface area contributed by atoms with Crippen molar-refractivity contribution in [2.75, 3.05) is 24.6 Å². The Kier molecular flexibility index (Phi) is 15.7. The van der Waals surface area contributed by atoms with Crippen molar-refractivity contribution in [1.82, 2.24) is 41.3 Å². The SMILES string of the molecule is CCCC(NC(=O)C1CC2(CN1[C@H](O)C(NC(=O)OC(C)(C)C)C1CCCCC1)SCCCS2)C(O)[C@H](O)NCC(=O)NC(c1ccccc1)c1ncn[nH]1. The van der Waals surface area contributed by atoms with E-state index in [9.17, 15) is 29.7 Å². The second-order valence-electron chi connectivity index (χ2n) is 15.8. The summed E-state index contributed by atoms with van der Waals surface area (Å²) in [5.41, 5.74) is 0.0601. The molecule has 3 heterocycles. The highest BCUT2D eigenvalue weighted by Crippen LogP contribution is 2.51. The molecule has 5 unspecified atom stereocenters. The third-order valence-electron chi connectivity index (χ3n) is 10.4. The predicted molar refractivity (Wildman–Crippen MR) is 213 cm³/mol. The van der Waals surface area contributed by atoms with Crippen molar-refractivity contribution >= 4 is 41.4 Å². The summed E-state index contributed by atoms with van der Waals surface area (Å²) >= 11 is 3.61. The summed E-state index contributed by atoms with van der Waals surface area (Å²) in [6, 6.07) is 6.38. The van der Waals surface area contributed by atoms with Gasteiger partial charge in [-0.05, 0) is 75.9 Å². The second kappa shape index (κ2) is 20.0.